The molecular weight excluding hydrogens is 622 g/mol. The molecule has 3 N–H and O–H groups in total. The molecule has 0 saturated heterocycles. The molecular formula is C31H30BrN3O4S2. The van der Waals surface area contributed by atoms with Gasteiger partial charge in [0.1, 0.15) is 0 Å². The Balaban J connectivity index is 1.38. The van der Waals surface area contributed by atoms with E-state index >= 15 is 0 Å². The number of aryl methyl sites for hydroxylation is 1. The Bertz CT molecular complexity index is 1750. The molecule has 0 spiro atoms. The molecule has 5 aromatic rings. The fourth-order valence-corrected chi connectivity index (χ4v) is 6.13. The van der Waals surface area contributed by atoms with Gasteiger partial charge in [0.05, 0.1) is 17.5 Å². The molecule has 1 atom stereocenters. The van der Waals surface area contributed by atoms with Gasteiger partial charge >= 0.3 is 0 Å². The molecule has 0 aliphatic rings. The predicted molar refractivity (Wildman–Crippen MR) is 172 cm³/mol. The molecule has 212 valence electrons. The summed E-state index contributed by atoms with van der Waals surface area (Å²) in [4.78, 5) is 1.73. The molecule has 0 fully saturated rings. The second kappa shape index (κ2) is 12.3. The van der Waals surface area contributed by atoms with E-state index in [0.29, 0.717) is 23.9 Å². The van der Waals surface area contributed by atoms with E-state index in [2.05, 4.69) is 75.2 Å². The van der Waals surface area contributed by atoms with E-state index in [1.54, 1.807) is 12.1 Å². The van der Waals surface area contributed by atoms with Crippen molar-refractivity contribution in [3.63, 3.8) is 0 Å². The van der Waals surface area contributed by atoms with Gasteiger partial charge in [0.25, 0.3) is 10.1 Å². The third-order valence-corrected chi connectivity index (χ3v) is 8.73. The Morgan fingerprint density at radius 2 is 1.63 bits per heavy atom. The lowest BCUT2D eigenvalue weighted by Crippen LogP contribution is -2.42. The first-order chi connectivity index (χ1) is 19.6. The molecule has 41 heavy (non-hydrogen) atoms. The van der Waals surface area contributed by atoms with Crippen molar-refractivity contribution in [1.82, 2.24) is 9.47 Å². The van der Waals surface area contributed by atoms with Gasteiger partial charge < -0.3 is 19.9 Å². The predicted octanol–water partition coefficient (Wildman–Crippen LogP) is 6.41. The standard InChI is InChI=1S/C31H30BrN3O4S2/c1-21-7-13-29-27(17-21)28-18-23(32)8-14-30(28)35(29)20-25(36)19-34(16-15-22-5-3-2-4-6-22)31(40)33-24-9-11-26(12-10-24)41(37,38)39/h2-14,17-18,25,36H,15-16,19-20H2,1H3,(H,33,40)(H,37,38,39). The number of thiocarbonyl (C=S) groups is 1. The third-order valence-electron chi connectivity index (χ3n) is 7.01. The number of aliphatic hydroxyl groups is 1. The van der Waals surface area contributed by atoms with E-state index in [0.717, 1.165) is 38.3 Å². The van der Waals surface area contributed by atoms with Crippen LogP contribution >= 0.6 is 28.1 Å². The first-order valence-electron chi connectivity index (χ1n) is 13.1. The summed E-state index contributed by atoms with van der Waals surface area (Å²) in [6.07, 6.45) is -0.0177. The highest BCUT2D eigenvalue weighted by Crippen LogP contribution is 2.32. The van der Waals surface area contributed by atoms with Crippen LogP contribution in [0.3, 0.4) is 0 Å². The van der Waals surface area contributed by atoms with Gasteiger partial charge in [-0.2, -0.15) is 8.42 Å². The number of hydrogen-bond acceptors (Lipinski definition) is 4. The number of benzene rings is 4. The van der Waals surface area contributed by atoms with Gasteiger partial charge in [-0.3, -0.25) is 4.55 Å². The van der Waals surface area contributed by atoms with Crippen molar-refractivity contribution in [3.05, 3.63) is 107 Å². The summed E-state index contributed by atoms with van der Waals surface area (Å²) >= 11 is 9.35. The maximum Gasteiger partial charge on any atom is 0.294 e. The van der Waals surface area contributed by atoms with Crippen LogP contribution in [-0.4, -0.2) is 51.8 Å². The summed E-state index contributed by atoms with van der Waals surface area (Å²) in [5, 5.41) is 17.2. The molecule has 4 aromatic carbocycles. The van der Waals surface area contributed by atoms with Crippen LogP contribution in [0.25, 0.3) is 21.8 Å². The summed E-state index contributed by atoms with van der Waals surface area (Å²) in [5.74, 6) is 0. The number of aliphatic hydroxyl groups excluding tert-OH is 1. The SMILES string of the molecule is Cc1ccc2c(c1)c1cc(Br)ccc1n2CC(O)CN(CCc1ccccc1)C(=S)Nc1ccc(S(=O)(=O)O)cc1. The zero-order chi connectivity index (χ0) is 29.1. The summed E-state index contributed by atoms with van der Waals surface area (Å²) in [5.41, 5.74) is 4.99. The van der Waals surface area contributed by atoms with Crippen molar-refractivity contribution in [1.29, 1.82) is 0 Å². The van der Waals surface area contributed by atoms with E-state index in [-0.39, 0.29) is 11.4 Å². The quantitative estimate of drug-likeness (QED) is 0.125. The molecule has 10 heteroatoms. The van der Waals surface area contributed by atoms with Gasteiger partial charge in [-0.05, 0) is 85.7 Å². The Hall–Kier alpha value is -3.28. The fourth-order valence-electron chi connectivity index (χ4n) is 5.01. The highest BCUT2D eigenvalue weighted by molar-refractivity contribution is 9.10. The lowest BCUT2D eigenvalue weighted by atomic mass is 10.1. The summed E-state index contributed by atoms with van der Waals surface area (Å²) in [7, 11) is -4.29. The minimum absolute atomic E-state index is 0.196. The van der Waals surface area contributed by atoms with Gasteiger partial charge in [0.2, 0.25) is 0 Å². The van der Waals surface area contributed by atoms with E-state index in [4.69, 9.17) is 12.2 Å². The van der Waals surface area contributed by atoms with Gasteiger partial charge in [-0.25, -0.2) is 0 Å². The average molecular weight is 653 g/mol. The Kier molecular flexibility index (Phi) is 8.77. The smallest absolute Gasteiger partial charge is 0.294 e. The van der Waals surface area contributed by atoms with Gasteiger partial charge in [-0.1, -0.05) is 57.9 Å². The molecule has 0 radical (unpaired) electrons. The first-order valence-corrected chi connectivity index (χ1v) is 15.8. The monoisotopic (exact) mass is 651 g/mol. The van der Waals surface area contributed by atoms with Crippen LogP contribution < -0.4 is 5.32 Å². The second-order valence-electron chi connectivity index (χ2n) is 10.1. The Labute approximate surface area is 253 Å². The highest BCUT2D eigenvalue weighted by Gasteiger charge is 2.19. The molecule has 1 unspecified atom stereocenters. The van der Waals surface area contributed by atoms with Crippen LogP contribution in [-0.2, 0) is 23.1 Å². The van der Waals surface area contributed by atoms with Gasteiger partial charge in [0.15, 0.2) is 5.11 Å². The van der Waals surface area contributed by atoms with Crippen LogP contribution in [0.1, 0.15) is 11.1 Å². The van der Waals surface area contributed by atoms with Gasteiger partial charge in [-0.15, -0.1) is 0 Å². The van der Waals surface area contributed by atoms with Crippen molar-refractivity contribution in [2.45, 2.75) is 30.9 Å². The highest BCUT2D eigenvalue weighted by atomic mass is 79.9. The van der Waals surface area contributed by atoms with Crippen molar-refractivity contribution in [3.8, 4) is 0 Å². The number of nitrogens with one attached hydrogen (secondary N) is 1. The summed E-state index contributed by atoms with van der Waals surface area (Å²) in [6.45, 7) is 3.29. The molecule has 0 amide bonds. The topological polar surface area (TPSA) is 94.8 Å². The van der Waals surface area contributed by atoms with Crippen molar-refractivity contribution in [2.75, 3.05) is 18.4 Å². The first kappa shape index (κ1) is 29.2. The second-order valence-corrected chi connectivity index (χ2v) is 12.8. The maximum absolute atomic E-state index is 11.4. The molecule has 0 aliphatic heterocycles. The normalized spacial score (nSPS) is 12.5. The molecule has 1 aromatic heterocycles. The average Bonchev–Trinajstić information content (AvgIpc) is 3.22. The van der Waals surface area contributed by atoms with Crippen LogP contribution in [0.4, 0.5) is 5.69 Å². The summed E-state index contributed by atoms with van der Waals surface area (Å²) < 4.78 is 35.3. The van der Waals surface area contributed by atoms with Crippen LogP contribution in [0.5, 0.6) is 0 Å². The van der Waals surface area contributed by atoms with E-state index in [1.807, 2.05) is 29.2 Å². The lowest BCUT2D eigenvalue weighted by Gasteiger charge is -2.29. The number of fused-ring (bicyclic) bond motifs is 3. The Morgan fingerprint density at radius 3 is 2.32 bits per heavy atom. The van der Waals surface area contributed by atoms with Gasteiger partial charge in [0, 0.05) is 45.1 Å². The summed E-state index contributed by atoms with van der Waals surface area (Å²) in [6, 6.07) is 28.3. The molecule has 0 bridgehead atoms. The molecule has 7 nitrogen and oxygen atoms in total. The van der Waals surface area contributed by atoms with E-state index in [1.165, 1.54) is 17.7 Å². The Morgan fingerprint density at radius 1 is 0.976 bits per heavy atom. The van der Waals surface area contributed by atoms with Crippen molar-refractivity contribution < 1.29 is 18.1 Å². The zero-order valence-corrected chi connectivity index (χ0v) is 25.6. The fraction of sp³-hybridized carbons (Fsp3) is 0.194. The zero-order valence-electron chi connectivity index (χ0n) is 22.4. The minimum atomic E-state index is -4.29. The number of aromatic nitrogens is 1. The lowest BCUT2D eigenvalue weighted by molar-refractivity contribution is 0.128. The minimum Gasteiger partial charge on any atom is -0.389 e. The molecule has 1 heterocycles. The van der Waals surface area contributed by atoms with Crippen molar-refractivity contribution in [2.24, 2.45) is 0 Å². The number of rotatable bonds is 9. The van der Waals surface area contributed by atoms with Crippen LogP contribution in [0.15, 0.2) is 100 Å². The van der Waals surface area contributed by atoms with E-state index < -0.39 is 16.2 Å². The third kappa shape index (κ3) is 6.97. The molecule has 0 aliphatic carbocycles. The van der Waals surface area contributed by atoms with E-state index in [9.17, 15) is 18.1 Å². The number of nitrogens with zero attached hydrogens (tertiary/aromatic N) is 2. The van der Waals surface area contributed by atoms with Crippen LogP contribution in [0.2, 0.25) is 0 Å². The molecule has 0 saturated carbocycles. The number of anilines is 1. The maximum atomic E-state index is 11.4. The number of halogens is 1. The largest absolute Gasteiger partial charge is 0.389 e. The number of hydrogen-bond donors (Lipinski definition) is 3. The van der Waals surface area contributed by atoms with Crippen molar-refractivity contribution >= 4 is 70.9 Å². The van der Waals surface area contributed by atoms with Crippen LogP contribution in [0, 0.1) is 6.92 Å². The molecule has 5 rings (SSSR count).